The Balaban J connectivity index is 1.63. The molecule has 0 aromatic heterocycles. The average Bonchev–Trinajstić information content (AvgIpc) is 2.83. The van der Waals surface area contributed by atoms with Gasteiger partial charge in [0.2, 0.25) is 0 Å². The molecule has 0 radical (unpaired) electrons. The molecule has 0 aliphatic heterocycles. The van der Waals surface area contributed by atoms with E-state index in [0.29, 0.717) is 12.1 Å². The number of hydrogen-bond acceptors (Lipinski definition) is 4. The van der Waals surface area contributed by atoms with Crippen LogP contribution in [0.4, 0.5) is 5.69 Å². The maximum Gasteiger partial charge on any atom is 0.335 e. The monoisotopic (exact) mass is 481 g/mol. The van der Waals surface area contributed by atoms with Crippen molar-refractivity contribution >= 4 is 25.2 Å². The van der Waals surface area contributed by atoms with Crippen LogP contribution in [-0.2, 0) is 26.7 Å². The maximum atomic E-state index is 12.9. The highest BCUT2D eigenvalue weighted by atomic mass is 31.2. The molecule has 0 spiro atoms. The summed E-state index contributed by atoms with van der Waals surface area (Å²) in [4.78, 5) is 34.4. The van der Waals surface area contributed by atoms with Crippen molar-refractivity contribution in [3.8, 4) is 0 Å². The molecule has 3 rings (SSSR count). The van der Waals surface area contributed by atoms with E-state index in [0.717, 1.165) is 24.0 Å². The van der Waals surface area contributed by atoms with Crippen molar-refractivity contribution in [2.45, 2.75) is 31.8 Å². The number of unbranched alkanes of at least 4 members (excludes halogenated alkanes) is 1. The Hall–Kier alpha value is -3.25. The van der Waals surface area contributed by atoms with Crippen molar-refractivity contribution < 1.29 is 28.7 Å². The van der Waals surface area contributed by atoms with Crippen LogP contribution in [0.2, 0.25) is 0 Å². The van der Waals surface area contributed by atoms with Crippen LogP contribution in [0.1, 0.15) is 34.3 Å². The fraction of sp³-hybridized carbons (Fsp3) is 0.231. The Kier molecular flexibility index (Phi) is 9.16. The molecule has 1 unspecified atom stereocenters. The Morgan fingerprint density at radius 2 is 1.44 bits per heavy atom. The van der Waals surface area contributed by atoms with Crippen LogP contribution >= 0.6 is 7.60 Å². The molecule has 0 bridgehead atoms. The van der Waals surface area contributed by atoms with Crippen LogP contribution in [0.25, 0.3) is 0 Å². The van der Waals surface area contributed by atoms with Crippen molar-refractivity contribution in [2.24, 2.45) is 0 Å². The van der Waals surface area contributed by atoms with Crippen molar-refractivity contribution in [2.75, 3.05) is 11.5 Å². The van der Waals surface area contributed by atoms with Gasteiger partial charge in [0.25, 0.3) is 5.91 Å². The molecule has 0 fully saturated rings. The summed E-state index contributed by atoms with van der Waals surface area (Å²) in [5.74, 6) is -1.65. The molecule has 34 heavy (non-hydrogen) atoms. The van der Waals surface area contributed by atoms with Gasteiger partial charge >= 0.3 is 13.6 Å². The third-order valence-corrected chi connectivity index (χ3v) is 6.71. The molecule has 3 aromatic carbocycles. The highest BCUT2D eigenvalue weighted by Gasteiger charge is 2.30. The number of nitrogens with one attached hydrogen (secondary N) is 1. The lowest BCUT2D eigenvalue weighted by Gasteiger charge is -2.21. The largest absolute Gasteiger partial charge is 0.478 e. The van der Waals surface area contributed by atoms with Crippen molar-refractivity contribution in [3.63, 3.8) is 0 Å². The Morgan fingerprint density at radius 3 is 2.03 bits per heavy atom. The number of carbonyl (C=O) groups excluding carboxylic acids is 1. The molecule has 178 valence electrons. The van der Waals surface area contributed by atoms with Gasteiger partial charge in [-0.2, -0.15) is 0 Å². The third kappa shape index (κ3) is 8.27. The first-order valence-corrected chi connectivity index (χ1v) is 12.8. The van der Waals surface area contributed by atoms with E-state index in [1.54, 1.807) is 0 Å². The van der Waals surface area contributed by atoms with Gasteiger partial charge in [0.1, 0.15) is 6.10 Å². The van der Waals surface area contributed by atoms with Gasteiger partial charge in [0, 0.05) is 12.1 Å². The number of benzene rings is 3. The van der Waals surface area contributed by atoms with Crippen LogP contribution in [0, 0.1) is 0 Å². The summed E-state index contributed by atoms with van der Waals surface area (Å²) in [6, 6.07) is 24.6. The Bertz CT molecular complexity index is 1120. The van der Waals surface area contributed by atoms with E-state index >= 15 is 0 Å². The van der Waals surface area contributed by atoms with Gasteiger partial charge in [-0.05, 0) is 54.7 Å². The zero-order valence-corrected chi connectivity index (χ0v) is 19.6. The van der Waals surface area contributed by atoms with Gasteiger partial charge in [0.05, 0.1) is 11.7 Å². The van der Waals surface area contributed by atoms with E-state index in [4.69, 9.17) is 9.63 Å². The van der Waals surface area contributed by atoms with Crippen molar-refractivity contribution in [3.05, 3.63) is 102 Å². The van der Waals surface area contributed by atoms with E-state index < -0.39 is 25.6 Å². The predicted molar refractivity (Wildman–Crippen MR) is 131 cm³/mol. The van der Waals surface area contributed by atoms with Gasteiger partial charge in [0.15, 0.2) is 0 Å². The number of rotatable bonds is 12. The fourth-order valence-electron chi connectivity index (χ4n) is 3.46. The number of hydrogen-bond donors (Lipinski definition) is 3. The number of aryl methyl sites for hydroxylation is 1. The van der Waals surface area contributed by atoms with Crippen LogP contribution in [0.15, 0.2) is 84.9 Å². The summed E-state index contributed by atoms with van der Waals surface area (Å²) in [6.45, 7) is 0. The molecule has 8 heteroatoms. The summed E-state index contributed by atoms with van der Waals surface area (Å²) in [7, 11) is -4.02. The molecule has 2 atom stereocenters. The quantitative estimate of drug-likeness (QED) is 0.243. The molecular weight excluding hydrogens is 453 g/mol. The minimum absolute atomic E-state index is 0.0499. The second kappa shape index (κ2) is 12.3. The molecule has 3 N–H and O–H groups in total. The molecule has 0 saturated heterocycles. The smallest absolute Gasteiger partial charge is 0.335 e. The lowest BCUT2D eigenvalue weighted by atomic mass is 10.1. The highest BCUT2D eigenvalue weighted by Crippen LogP contribution is 2.45. The summed E-state index contributed by atoms with van der Waals surface area (Å²) in [5, 5.41) is 11.7. The number of carboxylic acids is 1. The summed E-state index contributed by atoms with van der Waals surface area (Å²) >= 11 is 0. The Morgan fingerprint density at radius 1 is 0.853 bits per heavy atom. The number of carboxylic acid groups (broad SMARTS) is 1. The standard InChI is InChI=1S/C26H28NO6P/c28-25(27-23-16-14-22(15-17-23)26(29)30)24(19-21-12-5-2-6-13-21)33-34(31,32)18-8-7-11-20-9-3-1-4-10-20/h1-6,9-10,12-17,24H,7-8,11,18-19H2,(H,27,28)(H,29,30)(H,31,32)/t24-/m0/s1. The van der Waals surface area contributed by atoms with Gasteiger partial charge in [-0.25, -0.2) is 4.79 Å². The number of amides is 1. The molecule has 0 heterocycles. The van der Waals surface area contributed by atoms with Gasteiger partial charge in [-0.1, -0.05) is 60.7 Å². The van der Waals surface area contributed by atoms with Crippen LogP contribution in [0.5, 0.6) is 0 Å². The minimum Gasteiger partial charge on any atom is -0.478 e. The van der Waals surface area contributed by atoms with E-state index in [1.165, 1.54) is 24.3 Å². The first-order chi connectivity index (χ1) is 16.3. The molecule has 3 aromatic rings. The number of carbonyl (C=O) groups is 2. The Labute approximate surface area is 199 Å². The summed E-state index contributed by atoms with van der Waals surface area (Å²) in [5.41, 5.74) is 2.40. The fourth-order valence-corrected chi connectivity index (χ4v) is 4.76. The topological polar surface area (TPSA) is 113 Å². The van der Waals surface area contributed by atoms with E-state index in [2.05, 4.69) is 5.32 Å². The van der Waals surface area contributed by atoms with Gasteiger partial charge < -0.3 is 15.3 Å². The van der Waals surface area contributed by atoms with Crippen molar-refractivity contribution in [1.29, 1.82) is 0 Å². The van der Waals surface area contributed by atoms with Crippen molar-refractivity contribution in [1.82, 2.24) is 0 Å². The van der Waals surface area contributed by atoms with Crippen LogP contribution < -0.4 is 5.32 Å². The first-order valence-electron chi connectivity index (χ1n) is 11.0. The zero-order valence-electron chi connectivity index (χ0n) is 18.7. The molecule has 0 aliphatic carbocycles. The van der Waals surface area contributed by atoms with Gasteiger partial charge in [-0.15, -0.1) is 0 Å². The molecule has 1 amide bonds. The second-order valence-corrected chi connectivity index (χ2v) is 9.89. The number of anilines is 1. The first kappa shape index (κ1) is 25.4. The summed E-state index contributed by atoms with van der Waals surface area (Å²) in [6.07, 6.45) is 0.885. The second-order valence-electron chi connectivity index (χ2n) is 7.96. The molecule has 7 nitrogen and oxygen atoms in total. The zero-order chi connectivity index (χ0) is 24.4. The van der Waals surface area contributed by atoms with Crippen LogP contribution in [0.3, 0.4) is 0 Å². The van der Waals surface area contributed by atoms with Gasteiger partial charge in [-0.3, -0.25) is 13.9 Å². The third-order valence-electron chi connectivity index (χ3n) is 5.25. The van der Waals surface area contributed by atoms with E-state index in [-0.39, 0.29) is 18.1 Å². The average molecular weight is 481 g/mol. The van der Waals surface area contributed by atoms with Crippen LogP contribution in [-0.4, -0.2) is 34.1 Å². The SMILES string of the molecule is O=C(O)c1ccc(NC(=O)[C@H](Cc2ccccc2)OP(=O)(O)CCCCc2ccccc2)cc1. The van der Waals surface area contributed by atoms with E-state index in [1.807, 2.05) is 60.7 Å². The van der Waals surface area contributed by atoms with E-state index in [9.17, 15) is 19.0 Å². The summed E-state index contributed by atoms with van der Waals surface area (Å²) < 4.78 is 18.3. The minimum atomic E-state index is -4.02. The number of aromatic carboxylic acids is 1. The molecule has 0 saturated carbocycles. The maximum absolute atomic E-state index is 12.9. The normalized spacial score (nSPS) is 13.6. The lowest BCUT2D eigenvalue weighted by molar-refractivity contribution is -0.123. The lowest BCUT2D eigenvalue weighted by Crippen LogP contribution is -2.32. The highest BCUT2D eigenvalue weighted by molar-refractivity contribution is 7.52. The predicted octanol–water partition coefficient (Wildman–Crippen LogP) is 5.16. The molecular formula is C26H28NO6P. The molecule has 0 aliphatic rings.